The molecule has 7 aromatic rings. The second-order valence-corrected chi connectivity index (χ2v) is 24.9. The number of nitrogens with zero attached hydrogens (tertiary/aromatic N) is 3. The molecule has 0 fully saturated rings. The molecule has 0 aliphatic carbocycles. The molecule has 0 aliphatic heterocycles. The second-order valence-electron chi connectivity index (χ2n) is 24.9. The van der Waals surface area contributed by atoms with E-state index in [0.717, 1.165) is 33.4 Å². The van der Waals surface area contributed by atoms with Crippen LogP contribution in [0.4, 0.5) is 0 Å². The Hall–Kier alpha value is -7.41. The van der Waals surface area contributed by atoms with Crippen LogP contribution in [-0.2, 0) is 32.5 Å². The number of benzene rings is 6. The molecule has 72 heavy (non-hydrogen) atoms. The Labute approximate surface area is 424 Å². The third kappa shape index (κ3) is 10.8. The lowest BCUT2D eigenvalue weighted by atomic mass is 9.80. The van der Waals surface area contributed by atoms with Crippen LogP contribution in [0.2, 0.25) is 0 Å². The van der Waals surface area contributed by atoms with E-state index in [2.05, 4.69) is 161 Å². The molecule has 0 N–H and O–H groups in total. The highest BCUT2D eigenvalue weighted by Crippen LogP contribution is 2.40. The van der Waals surface area contributed by atoms with Crippen LogP contribution in [0.3, 0.4) is 0 Å². The largest absolute Gasteiger partial charge is 0.455 e. The minimum atomic E-state index is -0.420. The summed E-state index contributed by atoms with van der Waals surface area (Å²) in [6.45, 7) is 38.0. The first-order valence-electron chi connectivity index (χ1n) is 24.6. The molecule has 1 heterocycles. The van der Waals surface area contributed by atoms with E-state index in [0.29, 0.717) is 33.5 Å². The standard InChI is InChI=1S/C63H69N3O6/c1-58(2,3)40-28-41(59(4,5)6)53-31-52(40)67-46-22-19-23-47(37(46)34-64)69-54-32-55(43(61(10,11)12)29-42(54)60(7,8)9)71-50-26-21-27-51(39(50)36-66)72-57-33-56(44(62(13,14)15)30-45(57)63(16,17)18)70-49-25-20-24-48(68-53)38(49)35-65/h19-33H,1-18H3. The molecule has 0 unspecified atom stereocenters. The number of nitriles is 3. The first kappa shape index (κ1) is 52.4. The second kappa shape index (κ2) is 18.6. The van der Waals surface area contributed by atoms with Gasteiger partial charge in [-0.05, 0) is 87.1 Å². The van der Waals surface area contributed by atoms with Crippen LogP contribution in [0.15, 0.2) is 117 Å². The Morgan fingerprint density at radius 1 is 0.250 bits per heavy atom. The number of hydrogen-bond donors (Lipinski definition) is 0. The smallest absolute Gasteiger partial charge is 0.149 e. The van der Waals surface area contributed by atoms with Gasteiger partial charge in [0.25, 0.3) is 0 Å². The molecule has 0 radical (unpaired) electrons. The van der Waals surface area contributed by atoms with Gasteiger partial charge in [-0.1, -0.05) is 143 Å². The maximum atomic E-state index is 11.0. The Morgan fingerprint density at radius 3 is 0.528 bits per heavy atom. The van der Waals surface area contributed by atoms with E-state index in [4.69, 9.17) is 26.5 Å². The SMILES string of the molecule is CC(C)(C)c1cc(C(C)(C)C)c2cc1oc1cccc(oc3cc(oc4cccc(oc5cc(oc6cccc(o2)c6C#N)c(C(C)(C)C)cc5C(C)(C)C)c4C#N)c(C(C)(C)C)cc3C(C)(C)C)c1C#N. The van der Waals surface area contributed by atoms with E-state index in [1.165, 1.54) is 0 Å². The maximum absolute atomic E-state index is 11.0. The van der Waals surface area contributed by atoms with Gasteiger partial charge in [0, 0.05) is 51.6 Å². The van der Waals surface area contributed by atoms with Gasteiger partial charge in [-0.15, -0.1) is 0 Å². The summed E-state index contributed by atoms with van der Waals surface area (Å²) in [5.74, 6) is 0. The van der Waals surface area contributed by atoms with Gasteiger partial charge in [0.2, 0.25) is 0 Å². The average molecular weight is 964 g/mol. The maximum Gasteiger partial charge on any atom is 0.149 e. The van der Waals surface area contributed by atoms with Crippen LogP contribution in [0.5, 0.6) is 0 Å². The lowest BCUT2D eigenvalue weighted by Gasteiger charge is -2.25. The molecule has 0 spiro atoms. The van der Waals surface area contributed by atoms with E-state index in [-0.39, 0.29) is 50.2 Å². The predicted molar refractivity (Wildman–Crippen MR) is 291 cm³/mol. The van der Waals surface area contributed by atoms with Crippen molar-refractivity contribution in [1.29, 1.82) is 15.8 Å². The van der Waals surface area contributed by atoms with Crippen molar-refractivity contribution < 1.29 is 26.5 Å². The fourth-order valence-corrected chi connectivity index (χ4v) is 8.79. The minimum absolute atomic E-state index is 0.178. The minimum Gasteiger partial charge on any atom is -0.455 e. The van der Waals surface area contributed by atoms with Crippen molar-refractivity contribution in [3.05, 3.63) is 141 Å². The molecular formula is C63H69N3O6. The van der Waals surface area contributed by atoms with Crippen LogP contribution in [0.1, 0.15) is 175 Å². The highest BCUT2D eigenvalue weighted by Gasteiger charge is 2.29. The summed E-state index contributed by atoms with van der Waals surface area (Å²) in [4.78, 5) is 0. The first-order chi connectivity index (χ1) is 33.3. The van der Waals surface area contributed by atoms with Gasteiger partial charge in [0.1, 0.15) is 102 Å². The highest BCUT2D eigenvalue weighted by molar-refractivity contribution is 5.80. The van der Waals surface area contributed by atoms with Crippen LogP contribution in [-0.4, -0.2) is 0 Å². The lowest BCUT2D eigenvalue weighted by Crippen LogP contribution is -2.17. The Kier molecular flexibility index (Phi) is 13.6. The zero-order valence-electron chi connectivity index (χ0n) is 45.5. The van der Waals surface area contributed by atoms with Crippen molar-refractivity contribution >= 4 is 67.0 Å². The summed E-state index contributed by atoms with van der Waals surface area (Å²) in [6.07, 6.45) is 0. The summed E-state index contributed by atoms with van der Waals surface area (Å²) >= 11 is 0. The van der Waals surface area contributed by atoms with Gasteiger partial charge in [-0.25, -0.2) is 0 Å². The van der Waals surface area contributed by atoms with Gasteiger partial charge in [-0.3, -0.25) is 0 Å². The monoisotopic (exact) mass is 964 g/mol. The predicted octanol–water partition coefficient (Wildman–Crippen LogP) is 18.6. The van der Waals surface area contributed by atoms with Crippen LogP contribution >= 0.6 is 0 Å². The normalized spacial score (nSPS) is 12.5. The van der Waals surface area contributed by atoms with E-state index in [1.54, 1.807) is 54.6 Å². The molecule has 0 atom stereocenters. The number of fused-ring (bicyclic) bond motifs is 12. The first-order valence-corrected chi connectivity index (χ1v) is 24.6. The van der Waals surface area contributed by atoms with Crippen LogP contribution in [0, 0.1) is 34.0 Å². The van der Waals surface area contributed by atoms with Crippen molar-refractivity contribution in [2.45, 2.75) is 157 Å². The zero-order chi connectivity index (χ0) is 53.1. The summed E-state index contributed by atoms with van der Waals surface area (Å²) in [6, 6.07) is 34.9. The fraction of sp³-hybridized carbons (Fsp3) is 0.381. The molecule has 0 saturated carbocycles. The van der Waals surface area contributed by atoms with Gasteiger partial charge in [0.15, 0.2) is 0 Å². The molecule has 0 amide bonds. The zero-order valence-corrected chi connectivity index (χ0v) is 45.5. The van der Waals surface area contributed by atoms with Crippen molar-refractivity contribution in [3.8, 4) is 18.2 Å². The van der Waals surface area contributed by atoms with Gasteiger partial charge >= 0.3 is 0 Å². The molecular weight excluding hydrogens is 895 g/mol. The lowest BCUT2D eigenvalue weighted by molar-refractivity contribution is 0.544. The van der Waals surface area contributed by atoms with E-state index >= 15 is 0 Å². The molecule has 6 aromatic carbocycles. The molecule has 0 saturated heterocycles. The van der Waals surface area contributed by atoms with Crippen molar-refractivity contribution in [3.63, 3.8) is 0 Å². The molecule has 9 nitrogen and oxygen atoms in total. The third-order valence-electron chi connectivity index (χ3n) is 12.7. The summed E-state index contributed by atoms with van der Waals surface area (Å²) < 4.78 is 41.3. The Balaban J connectivity index is 1.87. The molecule has 7 rings (SSSR count). The summed E-state index contributed by atoms with van der Waals surface area (Å²) in [5.41, 5.74) is 7.80. The molecule has 0 aliphatic rings. The average Bonchev–Trinajstić information content (AvgIpc) is 3.24. The molecule has 12 bridgehead atoms. The molecule has 1 aromatic heterocycles. The molecule has 9 heteroatoms. The van der Waals surface area contributed by atoms with Crippen molar-refractivity contribution in [1.82, 2.24) is 0 Å². The summed E-state index contributed by atoms with van der Waals surface area (Å²) in [5, 5.41) is 32.9. The van der Waals surface area contributed by atoms with Crippen LogP contribution in [0.25, 0.3) is 67.0 Å². The van der Waals surface area contributed by atoms with Gasteiger partial charge in [0.05, 0.1) is 0 Å². The van der Waals surface area contributed by atoms with Gasteiger partial charge < -0.3 is 26.5 Å². The quantitative estimate of drug-likeness (QED) is 0.145. The van der Waals surface area contributed by atoms with E-state index in [1.807, 2.05) is 18.2 Å². The number of hydrogen-bond acceptors (Lipinski definition) is 9. The topological polar surface area (TPSA) is 150 Å². The van der Waals surface area contributed by atoms with Gasteiger partial charge in [-0.2, -0.15) is 15.8 Å². The van der Waals surface area contributed by atoms with Crippen molar-refractivity contribution in [2.75, 3.05) is 0 Å². The van der Waals surface area contributed by atoms with E-state index < -0.39 is 32.5 Å². The Morgan fingerprint density at radius 2 is 0.403 bits per heavy atom. The summed E-state index contributed by atoms with van der Waals surface area (Å²) in [7, 11) is 0. The third-order valence-corrected chi connectivity index (χ3v) is 12.7. The Bertz CT molecular complexity index is 3140. The highest BCUT2D eigenvalue weighted by atomic mass is 16.4. The van der Waals surface area contributed by atoms with Crippen molar-refractivity contribution in [2.24, 2.45) is 0 Å². The van der Waals surface area contributed by atoms with Crippen LogP contribution < -0.4 is 0 Å². The number of rotatable bonds is 0. The van der Waals surface area contributed by atoms with E-state index in [9.17, 15) is 15.8 Å². The molecule has 372 valence electrons. The fourth-order valence-electron chi connectivity index (χ4n) is 8.79.